The van der Waals surface area contributed by atoms with Crippen LogP contribution in [0, 0.1) is 0 Å². The summed E-state index contributed by atoms with van der Waals surface area (Å²) in [5.74, 6) is 0. The maximum Gasteiger partial charge on any atom is 0.113 e. The Balaban J connectivity index is 0. The van der Waals surface area contributed by atoms with Gasteiger partial charge in [0.25, 0.3) is 0 Å². The highest BCUT2D eigenvalue weighted by atomic mass is 16.2. The normalized spacial score (nSPS) is 14.3. The second-order valence-electron chi connectivity index (χ2n) is 8.39. The van der Waals surface area contributed by atoms with Gasteiger partial charge in [-0.25, -0.2) is 4.68 Å². The molecule has 0 bridgehead atoms. The first-order valence-corrected chi connectivity index (χ1v) is 13.9. The number of unbranched alkanes of at least 4 members (excludes halogenated alkanes) is 1. The second-order valence-corrected chi connectivity index (χ2v) is 8.39. The van der Waals surface area contributed by atoms with Crippen LogP contribution in [0.4, 0.5) is 0 Å². The van der Waals surface area contributed by atoms with E-state index in [2.05, 4.69) is 71.9 Å². The Labute approximate surface area is 228 Å². The van der Waals surface area contributed by atoms with Gasteiger partial charge in [0.1, 0.15) is 5.69 Å². The minimum absolute atomic E-state index is 0.686. The predicted molar refractivity (Wildman–Crippen MR) is 165 cm³/mol. The number of nitrogens with one attached hydrogen (secondary N) is 1. The van der Waals surface area contributed by atoms with Crippen molar-refractivity contribution in [3.8, 4) is 0 Å². The molecule has 1 aromatic rings. The number of hydrogen-bond acceptors (Lipinski definition) is 5. The summed E-state index contributed by atoms with van der Waals surface area (Å²) in [6.07, 6.45) is 21.9. The van der Waals surface area contributed by atoms with Gasteiger partial charge in [-0.3, -0.25) is 4.99 Å². The fourth-order valence-electron chi connectivity index (χ4n) is 3.83. The zero-order chi connectivity index (χ0) is 28.5. The molecular weight excluding hydrogens is 458 g/mol. The first-order chi connectivity index (χ1) is 18.0. The summed E-state index contributed by atoms with van der Waals surface area (Å²) in [5.41, 5.74) is 5.14. The first-order valence-electron chi connectivity index (χ1n) is 13.9. The lowest BCUT2D eigenvalue weighted by atomic mass is 9.96. The van der Waals surface area contributed by atoms with Crippen molar-refractivity contribution in [2.75, 3.05) is 13.7 Å². The number of aromatic nitrogens is 3. The van der Waals surface area contributed by atoms with Crippen LogP contribution in [0.15, 0.2) is 53.2 Å². The Kier molecular flexibility index (Phi) is 24.8. The van der Waals surface area contributed by atoms with E-state index in [1.165, 1.54) is 37.7 Å². The Morgan fingerprint density at radius 3 is 2.38 bits per heavy atom. The highest BCUT2D eigenvalue weighted by Gasteiger charge is 2.11. The number of allylic oxidation sites excluding steroid dienone is 6. The van der Waals surface area contributed by atoms with Crippen molar-refractivity contribution in [3.63, 3.8) is 0 Å². The fraction of sp³-hybridized carbons (Fsp3) is 0.581. The Morgan fingerprint density at radius 1 is 1.11 bits per heavy atom. The van der Waals surface area contributed by atoms with Crippen LogP contribution in [0.2, 0.25) is 0 Å². The highest BCUT2D eigenvalue weighted by molar-refractivity contribution is 5.61. The molecular formula is C31H55N5O. The lowest BCUT2D eigenvalue weighted by Crippen LogP contribution is -2.32. The zero-order valence-electron chi connectivity index (χ0n) is 25.1. The number of rotatable bonds is 12. The molecule has 0 amide bonds. The molecule has 0 saturated heterocycles. The van der Waals surface area contributed by atoms with Crippen LogP contribution >= 0.6 is 0 Å². The molecule has 1 fully saturated rings. The van der Waals surface area contributed by atoms with E-state index >= 15 is 0 Å². The summed E-state index contributed by atoms with van der Waals surface area (Å²) in [5, 5.41) is 18.8. The number of aryl methyl sites for hydroxylation is 1. The van der Waals surface area contributed by atoms with Crippen molar-refractivity contribution in [1.29, 1.82) is 0 Å². The molecule has 1 aliphatic rings. The third kappa shape index (κ3) is 17.5. The minimum Gasteiger partial charge on any atom is -0.400 e. The smallest absolute Gasteiger partial charge is 0.113 e. The molecule has 6 nitrogen and oxygen atoms in total. The molecule has 1 aromatic heterocycles. The molecule has 0 atom stereocenters. The summed E-state index contributed by atoms with van der Waals surface area (Å²) >= 11 is 0. The van der Waals surface area contributed by atoms with E-state index in [0.29, 0.717) is 6.04 Å². The average Bonchev–Trinajstić information content (AvgIpc) is 3.28. The fourth-order valence-corrected chi connectivity index (χ4v) is 3.83. The molecule has 1 heterocycles. The molecule has 0 radical (unpaired) electrons. The van der Waals surface area contributed by atoms with Crippen LogP contribution in [0.25, 0.3) is 12.2 Å². The van der Waals surface area contributed by atoms with E-state index in [0.717, 1.165) is 55.6 Å². The molecule has 2 rings (SSSR count). The van der Waals surface area contributed by atoms with Gasteiger partial charge in [0, 0.05) is 38.7 Å². The zero-order valence-corrected chi connectivity index (χ0v) is 25.1. The van der Waals surface area contributed by atoms with E-state index in [1.54, 1.807) is 10.8 Å². The van der Waals surface area contributed by atoms with Crippen LogP contribution in [0.3, 0.4) is 0 Å². The van der Waals surface area contributed by atoms with Crippen LogP contribution < -0.4 is 5.32 Å². The number of aliphatic hydroxyl groups is 1. The maximum absolute atomic E-state index is 7.00. The molecule has 210 valence electrons. The number of hydrogen-bond donors (Lipinski definition) is 2. The Hall–Kier alpha value is -2.57. The van der Waals surface area contributed by atoms with Gasteiger partial charge >= 0.3 is 0 Å². The van der Waals surface area contributed by atoms with Crippen molar-refractivity contribution in [3.05, 3.63) is 59.6 Å². The van der Waals surface area contributed by atoms with Gasteiger partial charge in [0.05, 0.1) is 5.69 Å². The van der Waals surface area contributed by atoms with Gasteiger partial charge in [-0.15, -0.1) is 5.10 Å². The van der Waals surface area contributed by atoms with E-state index in [1.807, 2.05) is 41.0 Å². The van der Waals surface area contributed by atoms with Crippen LogP contribution in [-0.4, -0.2) is 46.0 Å². The largest absolute Gasteiger partial charge is 0.400 e. The topological polar surface area (TPSA) is 75.3 Å². The number of aliphatic imine (C=N–C) groups is 1. The molecule has 37 heavy (non-hydrogen) atoms. The lowest BCUT2D eigenvalue weighted by molar-refractivity contribution is 0.388. The summed E-state index contributed by atoms with van der Waals surface area (Å²) in [6.45, 7) is 21.0. The van der Waals surface area contributed by atoms with E-state index in [4.69, 9.17) is 5.11 Å². The van der Waals surface area contributed by atoms with Crippen LogP contribution in [-0.2, 0) is 7.05 Å². The van der Waals surface area contributed by atoms with Crippen LogP contribution in [0.1, 0.15) is 104 Å². The lowest BCUT2D eigenvalue weighted by Gasteiger charge is -2.21. The molecule has 0 aromatic carbocycles. The van der Waals surface area contributed by atoms with Crippen molar-refractivity contribution >= 4 is 18.4 Å². The van der Waals surface area contributed by atoms with Gasteiger partial charge < -0.3 is 10.4 Å². The van der Waals surface area contributed by atoms with Gasteiger partial charge in [0.15, 0.2) is 0 Å². The third-order valence-corrected chi connectivity index (χ3v) is 5.50. The second kappa shape index (κ2) is 25.1. The molecule has 6 heteroatoms. The molecule has 0 spiro atoms. The number of aliphatic hydroxyl groups excluding tert-OH is 1. The van der Waals surface area contributed by atoms with E-state index in [-0.39, 0.29) is 0 Å². The average molecular weight is 514 g/mol. The molecule has 1 aliphatic carbocycles. The van der Waals surface area contributed by atoms with E-state index < -0.39 is 0 Å². The van der Waals surface area contributed by atoms with Gasteiger partial charge in [-0.2, -0.15) is 0 Å². The minimum atomic E-state index is 0.686. The summed E-state index contributed by atoms with van der Waals surface area (Å²) in [7, 11) is 2.87. The van der Waals surface area contributed by atoms with Crippen molar-refractivity contribution in [1.82, 2.24) is 20.3 Å². The molecule has 2 N–H and O–H groups in total. The van der Waals surface area contributed by atoms with E-state index in [9.17, 15) is 0 Å². The Bertz CT molecular complexity index is 840. The van der Waals surface area contributed by atoms with Gasteiger partial charge in [-0.05, 0) is 58.1 Å². The molecule has 1 saturated carbocycles. The quantitative estimate of drug-likeness (QED) is 0.170. The molecule has 0 aliphatic heterocycles. The van der Waals surface area contributed by atoms with Crippen molar-refractivity contribution in [2.24, 2.45) is 12.0 Å². The van der Waals surface area contributed by atoms with Crippen molar-refractivity contribution < 1.29 is 5.11 Å². The van der Waals surface area contributed by atoms with Crippen molar-refractivity contribution in [2.45, 2.75) is 99.0 Å². The maximum atomic E-state index is 7.00. The molecule has 0 unspecified atom stereocenters. The standard InChI is InChI=1S/C26H39N5.2C2H6.CH4O/c1-6-26-25(29-30-31(26)5)20-22(3)19-21(2)13-9-7-10-14-23(4)27-17-18-28-24-15-11-8-12-16-24;3*1-2/h6,9,13-14,17,20,24,28H,1-2,7-8,10-12,15-16,18-19H2,3-5H3;2*1-2H3;2H,1H3/b13-9+,22-20+,23-14+,27-17?;;;. The first kappa shape index (κ1) is 36.6. The highest BCUT2D eigenvalue weighted by Crippen LogP contribution is 2.17. The summed E-state index contributed by atoms with van der Waals surface area (Å²) < 4.78 is 1.73. The number of nitrogens with zero attached hydrogens (tertiary/aromatic N) is 4. The third-order valence-electron chi connectivity index (χ3n) is 5.50. The summed E-state index contributed by atoms with van der Waals surface area (Å²) in [4.78, 5) is 4.54. The monoisotopic (exact) mass is 513 g/mol. The van der Waals surface area contributed by atoms with Gasteiger partial charge in [-0.1, -0.05) is 94.7 Å². The summed E-state index contributed by atoms with van der Waals surface area (Å²) in [6, 6.07) is 0.686. The van der Waals surface area contributed by atoms with Crippen LogP contribution in [0.5, 0.6) is 0 Å². The van der Waals surface area contributed by atoms with Gasteiger partial charge in [0.2, 0.25) is 0 Å². The Morgan fingerprint density at radius 2 is 1.76 bits per heavy atom. The predicted octanol–water partition coefficient (Wildman–Crippen LogP) is 7.70. The SMILES string of the molecule is C=Cc1c(/C=C(\C)CC(=C)/C=C/CC/C=C(\C)N=CCNC2CCCCC2)nnn1C.CC.CC.CO.